The van der Waals surface area contributed by atoms with Gasteiger partial charge in [-0.3, -0.25) is 4.79 Å². The van der Waals surface area contributed by atoms with Crippen LogP contribution in [0.4, 0.5) is 0 Å². The fraction of sp³-hybridized carbons (Fsp3) is 0.769. The summed E-state index contributed by atoms with van der Waals surface area (Å²) in [4.78, 5) is 14.4. The van der Waals surface area contributed by atoms with Crippen molar-refractivity contribution in [1.29, 1.82) is 0 Å². The summed E-state index contributed by atoms with van der Waals surface area (Å²) in [5.41, 5.74) is 0. The van der Waals surface area contributed by atoms with E-state index in [1.54, 1.807) is 0 Å². The number of rotatable bonds is 1. The highest BCUT2D eigenvalue weighted by atomic mass is 35.5. The second-order valence-corrected chi connectivity index (χ2v) is 4.90. The maximum atomic E-state index is 12.4. The lowest BCUT2D eigenvalue weighted by Gasteiger charge is -2.32. The molecule has 2 unspecified atom stereocenters. The number of piperidine rings is 1. The number of carbonyl (C=O) groups is 1. The Bertz CT molecular complexity index is 275. The Kier molecular flexibility index (Phi) is 6.00. The first kappa shape index (κ1) is 14.5. The highest BCUT2D eigenvalue weighted by Crippen LogP contribution is 2.19. The molecule has 1 N–H and O–H groups in total. The monoisotopic (exact) mass is 258 g/mol. The molecule has 2 atom stereocenters. The number of likely N-dealkylation sites (tertiary alicyclic amines) is 1. The molecule has 2 rings (SSSR count). The van der Waals surface area contributed by atoms with Crippen LogP contribution in [0.15, 0.2) is 12.2 Å². The van der Waals surface area contributed by atoms with E-state index in [0.717, 1.165) is 26.1 Å². The van der Waals surface area contributed by atoms with Crippen molar-refractivity contribution in [3.05, 3.63) is 12.2 Å². The SMILES string of the molecule is CC1NCC=CCC1C(=O)N1CCCCC1.Cl. The Hall–Kier alpha value is -0.540. The van der Waals surface area contributed by atoms with Gasteiger partial charge in [-0.15, -0.1) is 12.4 Å². The third-order valence-electron chi connectivity index (χ3n) is 3.70. The zero-order valence-electron chi connectivity index (χ0n) is 10.5. The van der Waals surface area contributed by atoms with Crippen LogP contribution < -0.4 is 5.32 Å². The molecule has 0 radical (unpaired) electrons. The van der Waals surface area contributed by atoms with Crippen molar-refractivity contribution in [1.82, 2.24) is 10.2 Å². The summed E-state index contributed by atoms with van der Waals surface area (Å²) in [5, 5.41) is 3.38. The second-order valence-electron chi connectivity index (χ2n) is 4.90. The lowest BCUT2D eigenvalue weighted by atomic mass is 9.95. The number of hydrogen-bond acceptors (Lipinski definition) is 2. The van der Waals surface area contributed by atoms with Gasteiger partial charge in [0.15, 0.2) is 0 Å². The average molecular weight is 259 g/mol. The number of halogens is 1. The first-order valence-corrected chi connectivity index (χ1v) is 6.46. The predicted molar refractivity (Wildman–Crippen MR) is 72.4 cm³/mol. The largest absolute Gasteiger partial charge is 0.342 e. The minimum absolute atomic E-state index is 0. The van der Waals surface area contributed by atoms with Crippen molar-refractivity contribution in [2.24, 2.45) is 5.92 Å². The first-order chi connectivity index (χ1) is 7.79. The molecule has 1 saturated heterocycles. The van der Waals surface area contributed by atoms with Crippen molar-refractivity contribution in [2.45, 2.75) is 38.6 Å². The van der Waals surface area contributed by atoms with Gasteiger partial charge in [0.2, 0.25) is 5.91 Å². The van der Waals surface area contributed by atoms with Crippen LogP contribution in [0, 0.1) is 5.92 Å². The third kappa shape index (κ3) is 3.71. The van der Waals surface area contributed by atoms with Crippen molar-refractivity contribution in [2.75, 3.05) is 19.6 Å². The number of carbonyl (C=O) groups excluding carboxylic acids is 1. The van der Waals surface area contributed by atoms with E-state index in [-0.39, 0.29) is 18.3 Å². The molecule has 1 fully saturated rings. The summed E-state index contributed by atoms with van der Waals surface area (Å²) >= 11 is 0. The van der Waals surface area contributed by atoms with Crippen LogP contribution in [0.25, 0.3) is 0 Å². The third-order valence-corrected chi connectivity index (χ3v) is 3.70. The Morgan fingerprint density at radius 2 is 1.94 bits per heavy atom. The van der Waals surface area contributed by atoms with Gasteiger partial charge in [0, 0.05) is 25.7 Å². The van der Waals surface area contributed by atoms with Crippen LogP contribution in [0.5, 0.6) is 0 Å². The van der Waals surface area contributed by atoms with Gasteiger partial charge in [0.05, 0.1) is 5.92 Å². The Morgan fingerprint density at radius 1 is 1.24 bits per heavy atom. The molecule has 98 valence electrons. The fourth-order valence-electron chi connectivity index (χ4n) is 2.59. The summed E-state index contributed by atoms with van der Waals surface area (Å²) in [6.07, 6.45) is 8.79. The molecule has 0 aromatic carbocycles. The van der Waals surface area contributed by atoms with E-state index < -0.39 is 0 Å². The van der Waals surface area contributed by atoms with Gasteiger partial charge in [-0.25, -0.2) is 0 Å². The zero-order valence-corrected chi connectivity index (χ0v) is 11.3. The molecule has 2 aliphatic rings. The summed E-state index contributed by atoms with van der Waals surface area (Å²) in [7, 11) is 0. The Balaban J connectivity index is 0.00000144. The minimum Gasteiger partial charge on any atom is -0.342 e. The number of nitrogens with one attached hydrogen (secondary N) is 1. The molecule has 0 aromatic heterocycles. The molecule has 0 aromatic rings. The highest BCUT2D eigenvalue weighted by molar-refractivity contribution is 5.85. The Morgan fingerprint density at radius 3 is 2.65 bits per heavy atom. The summed E-state index contributed by atoms with van der Waals surface area (Å²) in [5.74, 6) is 0.489. The number of allylic oxidation sites excluding steroid dienone is 1. The van der Waals surface area contributed by atoms with E-state index in [0.29, 0.717) is 11.9 Å². The molecule has 2 heterocycles. The molecule has 0 spiro atoms. The van der Waals surface area contributed by atoms with E-state index in [9.17, 15) is 4.79 Å². The zero-order chi connectivity index (χ0) is 11.4. The molecular formula is C13H23ClN2O. The van der Waals surface area contributed by atoms with Gasteiger partial charge in [-0.2, -0.15) is 0 Å². The molecule has 2 aliphatic heterocycles. The maximum Gasteiger partial charge on any atom is 0.227 e. The fourth-order valence-corrected chi connectivity index (χ4v) is 2.59. The first-order valence-electron chi connectivity index (χ1n) is 6.46. The smallest absolute Gasteiger partial charge is 0.227 e. The molecule has 0 bridgehead atoms. The topological polar surface area (TPSA) is 32.3 Å². The lowest BCUT2D eigenvalue weighted by Crippen LogP contribution is -2.46. The van der Waals surface area contributed by atoms with Crippen LogP contribution in [0.2, 0.25) is 0 Å². The van der Waals surface area contributed by atoms with Crippen LogP contribution in [0.3, 0.4) is 0 Å². The van der Waals surface area contributed by atoms with E-state index >= 15 is 0 Å². The van der Waals surface area contributed by atoms with Gasteiger partial charge in [-0.1, -0.05) is 12.2 Å². The number of nitrogens with zero attached hydrogens (tertiary/aromatic N) is 1. The molecule has 1 amide bonds. The summed E-state index contributed by atoms with van der Waals surface area (Å²) in [6, 6.07) is 0.296. The lowest BCUT2D eigenvalue weighted by molar-refractivity contribution is -0.137. The van der Waals surface area contributed by atoms with E-state index in [1.807, 2.05) is 0 Å². The minimum atomic E-state index is 0. The van der Waals surface area contributed by atoms with Crippen molar-refractivity contribution in [3.63, 3.8) is 0 Å². The Labute approximate surface area is 110 Å². The highest BCUT2D eigenvalue weighted by Gasteiger charge is 2.29. The predicted octanol–water partition coefficient (Wildman–Crippen LogP) is 1.97. The number of amides is 1. The van der Waals surface area contributed by atoms with Crippen molar-refractivity contribution >= 4 is 18.3 Å². The van der Waals surface area contributed by atoms with Gasteiger partial charge < -0.3 is 10.2 Å². The van der Waals surface area contributed by atoms with Gasteiger partial charge in [0.1, 0.15) is 0 Å². The van der Waals surface area contributed by atoms with Gasteiger partial charge in [-0.05, 0) is 32.6 Å². The van der Waals surface area contributed by atoms with Crippen LogP contribution in [-0.2, 0) is 4.79 Å². The van der Waals surface area contributed by atoms with Crippen LogP contribution in [-0.4, -0.2) is 36.5 Å². The number of hydrogen-bond donors (Lipinski definition) is 1. The van der Waals surface area contributed by atoms with Crippen LogP contribution >= 0.6 is 12.4 Å². The molecule has 3 nitrogen and oxygen atoms in total. The molecular weight excluding hydrogens is 236 g/mol. The van der Waals surface area contributed by atoms with Crippen molar-refractivity contribution < 1.29 is 4.79 Å². The second kappa shape index (κ2) is 7.02. The van der Waals surface area contributed by atoms with Crippen LogP contribution in [0.1, 0.15) is 32.6 Å². The van der Waals surface area contributed by atoms with Gasteiger partial charge in [0.25, 0.3) is 0 Å². The average Bonchev–Trinajstić information content (AvgIpc) is 2.54. The van der Waals surface area contributed by atoms with Gasteiger partial charge >= 0.3 is 0 Å². The standard InChI is InChI=1S/C13H22N2O.ClH/c1-11-12(7-3-4-8-14-11)13(16)15-9-5-2-6-10-15;/h3-4,11-12,14H,2,5-10H2,1H3;1H. The molecule has 17 heavy (non-hydrogen) atoms. The van der Waals surface area contributed by atoms with Crippen molar-refractivity contribution in [3.8, 4) is 0 Å². The van der Waals surface area contributed by atoms with E-state index in [2.05, 4.69) is 29.3 Å². The molecule has 0 saturated carbocycles. The molecule has 4 heteroatoms. The van der Waals surface area contributed by atoms with E-state index in [1.165, 1.54) is 19.3 Å². The molecule has 0 aliphatic carbocycles. The quantitative estimate of drug-likeness (QED) is 0.730. The summed E-state index contributed by atoms with van der Waals surface area (Å²) in [6.45, 7) is 4.95. The summed E-state index contributed by atoms with van der Waals surface area (Å²) < 4.78 is 0. The maximum absolute atomic E-state index is 12.4. The van der Waals surface area contributed by atoms with E-state index in [4.69, 9.17) is 0 Å². The normalized spacial score (nSPS) is 29.4.